The van der Waals surface area contributed by atoms with E-state index < -0.39 is 0 Å². The molecule has 0 spiro atoms. The summed E-state index contributed by atoms with van der Waals surface area (Å²) < 4.78 is 9.62. The van der Waals surface area contributed by atoms with E-state index in [0.717, 1.165) is 5.56 Å². The molecule has 1 aromatic carbocycles. The molecule has 0 fully saturated rings. The van der Waals surface area contributed by atoms with Gasteiger partial charge in [-0.3, -0.25) is 10.5 Å². The maximum atomic E-state index is 11.1. The molecule has 90 valence electrons. The lowest BCUT2D eigenvalue weighted by Gasteiger charge is -2.07. The van der Waals surface area contributed by atoms with Crippen LogP contribution in [0.15, 0.2) is 22.8 Å². The number of hydrazine groups is 1. The molecular weight excluding hydrogens is 224 g/mol. The van der Waals surface area contributed by atoms with Crippen LogP contribution in [-0.2, 0) is 0 Å². The zero-order chi connectivity index (χ0) is 12.4. The molecule has 17 heavy (non-hydrogen) atoms. The van der Waals surface area contributed by atoms with Gasteiger partial charge in [0.05, 0.1) is 12.8 Å². The van der Waals surface area contributed by atoms with Gasteiger partial charge in [0, 0.05) is 17.6 Å². The lowest BCUT2D eigenvalue weighted by Crippen LogP contribution is -2.25. The molecule has 1 heterocycles. The number of nitrogens with one attached hydrogen (secondary N) is 1. The van der Waals surface area contributed by atoms with Gasteiger partial charge in [0.1, 0.15) is 5.75 Å². The van der Waals surface area contributed by atoms with E-state index in [1.807, 2.05) is 0 Å². The van der Waals surface area contributed by atoms with Crippen LogP contribution in [0.2, 0.25) is 0 Å². The topological polar surface area (TPSA) is 100 Å². The summed E-state index contributed by atoms with van der Waals surface area (Å²) in [5, 5.41) is 14.8. The monoisotopic (exact) mass is 236 g/mol. The number of hydrogen-bond acceptors (Lipinski definition) is 6. The molecule has 3 N–H and O–H groups in total. The van der Waals surface area contributed by atoms with E-state index in [9.17, 15) is 5.21 Å². The maximum absolute atomic E-state index is 11.1. The van der Waals surface area contributed by atoms with Crippen LogP contribution in [0, 0.1) is 12.1 Å². The van der Waals surface area contributed by atoms with Gasteiger partial charge >= 0.3 is 0 Å². The summed E-state index contributed by atoms with van der Waals surface area (Å²) in [5.74, 6) is 5.98. The number of nitrogens with zero attached hydrogens (tertiary/aromatic N) is 2. The van der Waals surface area contributed by atoms with Crippen LogP contribution in [0.1, 0.15) is 5.69 Å². The van der Waals surface area contributed by atoms with Crippen LogP contribution >= 0.6 is 0 Å². The van der Waals surface area contributed by atoms with Crippen LogP contribution < -0.4 is 20.9 Å². The molecule has 0 radical (unpaired) electrons. The standard InChI is InChI=1S/C10H12N4O3/c1-6-10(13-17-14(6)15)7-3-4-9(16-2)8(5-7)12-11/h3-5,12H,11H2,1-2H3. The van der Waals surface area contributed by atoms with E-state index in [4.69, 9.17) is 10.6 Å². The minimum absolute atomic E-state index is 0.356. The largest absolute Gasteiger partial charge is 0.495 e. The molecule has 7 nitrogen and oxygen atoms in total. The van der Waals surface area contributed by atoms with E-state index in [1.54, 1.807) is 32.2 Å². The summed E-state index contributed by atoms with van der Waals surface area (Å²) in [6.07, 6.45) is 0. The number of rotatable bonds is 3. The fourth-order valence-corrected chi connectivity index (χ4v) is 1.52. The van der Waals surface area contributed by atoms with Gasteiger partial charge in [0.25, 0.3) is 5.69 Å². The fraction of sp³-hybridized carbons (Fsp3) is 0.200. The summed E-state index contributed by atoms with van der Waals surface area (Å²) in [5.41, 5.74) is 4.69. The first kappa shape index (κ1) is 11.2. The second-order valence-corrected chi connectivity index (χ2v) is 3.42. The first-order chi connectivity index (χ1) is 8.17. The van der Waals surface area contributed by atoms with Crippen molar-refractivity contribution in [1.29, 1.82) is 0 Å². The number of methoxy groups -OCH3 is 1. The SMILES string of the molecule is COc1ccc(-c2no[n+]([O-])c2C)cc1NN. The average Bonchev–Trinajstić information content (AvgIpc) is 2.69. The summed E-state index contributed by atoms with van der Waals surface area (Å²) >= 11 is 0. The first-order valence-electron chi connectivity index (χ1n) is 4.88. The van der Waals surface area contributed by atoms with Crippen molar-refractivity contribution in [1.82, 2.24) is 5.16 Å². The molecule has 7 heteroatoms. The van der Waals surface area contributed by atoms with E-state index >= 15 is 0 Å². The van der Waals surface area contributed by atoms with Crippen molar-refractivity contribution in [3.05, 3.63) is 29.1 Å². The molecule has 0 bridgehead atoms. The van der Waals surface area contributed by atoms with Crippen molar-refractivity contribution < 1.29 is 14.3 Å². The van der Waals surface area contributed by atoms with Gasteiger partial charge in [-0.25, -0.2) is 0 Å². The summed E-state index contributed by atoms with van der Waals surface area (Å²) in [6.45, 7) is 1.62. The summed E-state index contributed by atoms with van der Waals surface area (Å²) in [4.78, 5) is 0.356. The molecule has 1 aromatic heterocycles. The maximum Gasteiger partial charge on any atom is 0.251 e. The van der Waals surface area contributed by atoms with Gasteiger partial charge in [0.2, 0.25) is 5.69 Å². The fourth-order valence-electron chi connectivity index (χ4n) is 1.52. The van der Waals surface area contributed by atoms with Gasteiger partial charge < -0.3 is 15.4 Å². The Labute approximate surface area is 97.3 Å². The van der Waals surface area contributed by atoms with Crippen LogP contribution in [0.4, 0.5) is 5.69 Å². The van der Waals surface area contributed by atoms with E-state index in [0.29, 0.717) is 27.7 Å². The molecule has 0 aliphatic rings. The number of hydrogen-bond donors (Lipinski definition) is 2. The number of benzene rings is 1. The molecule has 0 atom stereocenters. The quantitative estimate of drug-likeness (QED) is 0.459. The molecular formula is C10H12N4O3. The highest BCUT2D eigenvalue weighted by Gasteiger charge is 2.17. The Hall–Kier alpha value is -2.28. The zero-order valence-corrected chi connectivity index (χ0v) is 9.43. The number of ether oxygens (including phenoxy) is 1. The van der Waals surface area contributed by atoms with Crippen molar-refractivity contribution >= 4 is 5.69 Å². The van der Waals surface area contributed by atoms with Crippen molar-refractivity contribution in [2.75, 3.05) is 12.5 Å². The van der Waals surface area contributed by atoms with Gasteiger partial charge in [-0.05, 0) is 23.1 Å². The molecule has 0 saturated carbocycles. The van der Waals surface area contributed by atoms with Crippen molar-refractivity contribution in [3.63, 3.8) is 0 Å². The summed E-state index contributed by atoms with van der Waals surface area (Å²) in [7, 11) is 1.54. The molecule has 2 rings (SSSR count). The Balaban J connectivity index is 2.50. The Morgan fingerprint density at radius 2 is 2.29 bits per heavy atom. The minimum Gasteiger partial charge on any atom is -0.495 e. The highest BCUT2D eigenvalue weighted by atomic mass is 16.8. The smallest absolute Gasteiger partial charge is 0.251 e. The van der Waals surface area contributed by atoms with E-state index in [1.165, 1.54) is 0 Å². The van der Waals surface area contributed by atoms with Crippen LogP contribution in [0.25, 0.3) is 11.3 Å². The Bertz CT molecular complexity index is 538. The van der Waals surface area contributed by atoms with Gasteiger partial charge in [-0.2, -0.15) is 0 Å². The first-order valence-corrected chi connectivity index (χ1v) is 4.88. The third kappa shape index (κ3) is 1.87. The Morgan fingerprint density at radius 1 is 1.53 bits per heavy atom. The van der Waals surface area contributed by atoms with Gasteiger partial charge in [-0.1, -0.05) is 0 Å². The number of nitrogens with two attached hydrogens (primary N) is 1. The summed E-state index contributed by atoms with van der Waals surface area (Å²) in [6, 6.07) is 5.22. The second-order valence-electron chi connectivity index (χ2n) is 3.42. The van der Waals surface area contributed by atoms with Crippen molar-refractivity contribution in [2.24, 2.45) is 5.84 Å². The lowest BCUT2D eigenvalue weighted by atomic mass is 10.1. The number of nitrogen functional groups attached to an aromatic ring is 1. The molecule has 2 aromatic rings. The third-order valence-electron chi connectivity index (χ3n) is 2.45. The Morgan fingerprint density at radius 3 is 2.82 bits per heavy atom. The lowest BCUT2D eigenvalue weighted by molar-refractivity contribution is -0.806. The van der Waals surface area contributed by atoms with E-state index in [2.05, 4.69) is 15.2 Å². The van der Waals surface area contributed by atoms with E-state index in [-0.39, 0.29) is 0 Å². The zero-order valence-electron chi connectivity index (χ0n) is 9.43. The second kappa shape index (κ2) is 4.30. The van der Waals surface area contributed by atoms with Crippen LogP contribution in [0.3, 0.4) is 0 Å². The predicted molar refractivity (Wildman–Crippen MR) is 60.0 cm³/mol. The van der Waals surface area contributed by atoms with Gasteiger partial charge in [-0.15, -0.1) is 0 Å². The molecule has 0 unspecified atom stereocenters. The van der Waals surface area contributed by atoms with Crippen LogP contribution in [0.5, 0.6) is 5.75 Å². The molecule has 0 aliphatic heterocycles. The minimum atomic E-state index is 0.356. The van der Waals surface area contributed by atoms with Crippen molar-refractivity contribution in [2.45, 2.75) is 6.92 Å². The van der Waals surface area contributed by atoms with Gasteiger partial charge in [0.15, 0.2) is 0 Å². The number of aromatic nitrogens is 2. The molecule has 0 saturated heterocycles. The molecule has 0 amide bonds. The van der Waals surface area contributed by atoms with Crippen LogP contribution in [-0.4, -0.2) is 12.3 Å². The van der Waals surface area contributed by atoms with Crippen molar-refractivity contribution in [3.8, 4) is 17.0 Å². The number of anilines is 1. The highest BCUT2D eigenvalue weighted by molar-refractivity contribution is 5.69. The molecule has 0 aliphatic carbocycles. The Kier molecular flexibility index (Phi) is 2.84. The average molecular weight is 236 g/mol. The third-order valence-corrected chi connectivity index (χ3v) is 2.45. The highest BCUT2D eigenvalue weighted by Crippen LogP contribution is 2.29. The predicted octanol–water partition coefficient (Wildman–Crippen LogP) is 0.578. The normalized spacial score (nSPS) is 10.3.